The van der Waals surface area contributed by atoms with Crippen molar-refractivity contribution < 1.29 is 28.8 Å². The summed E-state index contributed by atoms with van der Waals surface area (Å²) in [5.74, 6) is 0.468. The zero-order valence-corrected chi connectivity index (χ0v) is 14.1. The molecule has 1 N–H and O–H groups in total. The SMILES string of the molecule is CCC(CC)CCC(=O)OCCOCCOCCOCCO. The molecule has 0 aromatic rings. The highest BCUT2D eigenvalue weighted by Crippen LogP contribution is 2.14. The lowest BCUT2D eigenvalue weighted by molar-refractivity contribution is -0.145. The molecule has 0 heterocycles. The number of esters is 1. The summed E-state index contributed by atoms with van der Waals surface area (Å²) in [5.41, 5.74) is 0. The van der Waals surface area contributed by atoms with E-state index in [9.17, 15) is 4.79 Å². The fourth-order valence-corrected chi connectivity index (χ4v) is 1.91. The minimum absolute atomic E-state index is 0.0272. The van der Waals surface area contributed by atoms with E-state index in [1.54, 1.807) is 0 Å². The molecule has 0 saturated carbocycles. The van der Waals surface area contributed by atoms with Crippen LogP contribution in [0.2, 0.25) is 0 Å². The van der Waals surface area contributed by atoms with Gasteiger partial charge in [0, 0.05) is 6.42 Å². The Hall–Kier alpha value is -0.690. The smallest absolute Gasteiger partial charge is 0.305 e. The fraction of sp³-hybridized carbons (Fsp3) is 0.938. The Labute approximate surface area is 134 Å². The average molecular weight is 320 g/mol. The Balaban J connectivity index is 3.23. The maximum atomic E-state index is 11.5. The highest BCUT2D eigenvalue weighted by molar-refractivity contribution is 5.69. The van der Waals surface area contributed by atoms with E-state index in [0.717, 1.165) is 19.3 Å². The average Bonchev–Trinajstić information content (AvgIpc) is 2.53. The van der Waals surface area contributed by atoms with Gasteiger partial charge in [-0.2, -0.15) is 0 Å². The summed E-state index contributed by atoms with van der Waals surface area (Å²) in [5, 5.41) is 8.49. The summed E-state index contributed by atoms with van der Waals surface area (Å²) < 4.78 is 20.7. The van der Waals surface area contributed by atoms with Crippen molar-refractivity contribution >= 4 is 5.97 Å². The molecule has 0 atom stereocenters. The number of hydrogen-bond donors (Lipinski definition) is 1. The Morgan fingerprint density at radius 2 is 1.36 bits per heavy atom. The third kappa shape index (κ3) is 14.3. The lowest BCUT2D eigenvalue weighted by Crippen LogP contribution is -2.14. The largest absolute Gasteiger partial charge is 0.463 e. The van der Waals surface area contributed by atoms with Crippen molar-refractivity contribution in [1.29, 1.82) is 0 Å². The molecular weight excluding hydrogens is 288 g/mol. The number of ether oxygens (including phenoxy) is 4. The number of rotatable bonds is 16. The van der Waals surface area contributed by atoms with Crippen molar-refractivity contribution in [3.8, 4) is 0 Å². The van der Waals surface area contributed by atoms with Gasteiger partial charge in [-0.1, -0.05) is 26.7 Å². The second kappa shape index (κ2) is 16.7. The third-order valence-corrected chi connectivity index (χ3v) is 3.38. The van der Waals surface area contributed by atoms with E-state index in [1.807, 2.05) is 0 Å². The highest BCUT2D eigenvalue weighted by Gasteiger charge is 2.08. The first-order chi connectivity index (χ1) is 10.7. The van der Waals surface area contributed by atoms with E-state index in [2.05, 4.69) is 13.8 Å². The standard InChI is InChI=1S/C16H32O6/c1-3-15(4-2)5-6-16(18)22-14-13-21-12-11-20-10-9-19-8-7-17/h15,17H,3-14H2,1-2H3. The van der Waals surface area contributed by atoms with Crippen molar-refractivity contribution in [1.82, 2.24) is 0 Å². The normalized spacial score (nSPS) is 11.1. The van der Waals surface area contributed by atoms with Crippen LogP contribution in [0, 0.1) is 5.92 Å². The molecule has 132 valence electrons. The Bertz CT molecular complexity index is 243. The van der Waals surface area contributed by atoms with Gasteiger partial charge in [0.25, 0.3) is 0 Å². The summed E-state index contributed by atoms with van der Waals surface area (Å²) in [6.07, 6.45) is 3.61. The predicted molar refractivity (Wildman–Crippen MR) is 83.8 cm³/mol. The van der Waals surface area contributed by atoms with Gasteiger partial charge < -0.3 is 24.1 Å². The van der Waals surface area contributed by atoms with Crippen LogP contribution in [0.5, 0.6) is 0 Å². The summed E-state index contributed by atoms with van der Waals surface area (Å²) in [7, 11) is 0. The maximum absolute atomic E-state index is 11.5. The monoisotopic (exact) mass is 320 g/mol. The number of carbonyl (C=O) groups is 1. The predicted octanol–water partition coefficient (Wildman–Crippen LogP) is 1.79. The molecule has 0 radical (unpaired) electrons. The van der Waals surface area contributed by atoms with Crippen LogP contribution in [-0.4, -0.2) is 63.9 Å². The van der Waals surface area contributed by atoms with Crippen LogP contribution < -0.4 is 0 Å². The van der Waals surface area contributed by atoms with Gasteiger partial charge in [0.15, 0.2) is 0 Å². The summed E-state index contributed by atoms with van der Waals surface area (Å²) in [6, 6.07) is 0. The minimum atomic E-state index is -0.146. The number of carbonyl (C=O) groups excluding carboxylic acids is 1. The van der Waals surface area contributed by atoms with Crippen molar-refractivity contribution in [3.63, 3.8) is 0 Å². The maximum Gasteiger partial charge on any atom is 0.305 e. The van der Waals surface area contributed by atoms with E-state index in [4.69, 9.17) is 24.1 Å². The van der Waals surface area contributed by atoms with Crippen LogP contribution in [0.1, 0.15) is 39.5 Å². The Kier molecular flexibility index (Phi) is 16.2. The number of hydrogen-bond acceptors (Lipinski definition) is 6. The van der Waals surface area contributed by atoms with E-state index in [1.165, 1.54) is 0 Å². The van der Waals surface area contributed by atoms with Crippen LogP contribution >= 0.6 is 0 Å². The summed E-state index contributed by atoms with van der Waals surface area (Å²) >= 11 is 0. The molecular formula is C16H32O6. The fourth-order valence-electron chi connectivity index (χ4n) is 1.91. The highest BCUT2D eigenvalue weighted by atomic mass is 16.6. The lowest BCUT2D eigenvalue weighted by atomic mass is 9.98. The van der Waals surface area contributed by atoms with Gasteiger partial charge in [0.2, 0.25) is 0 Å². The zero-order valence-electron chi connectivity index (χ0n) is 14.1. The van der Waals surface area contributed by atoms with Gasteiger partial charge in [-0.3, -0.25) is 4.79 Å². The molecule has 0 spiro atoms. The van der Waals surface area contributed by atoms with Crippen LogP contribution in [0.4, 0.5) is 0 Å². The van der Waals surface area contributed by atoms with Crippen molar-refractivity contribution in [2.24, 2.45) is 5.92 Å². The zero-order chi connectivity index (χ0) is 16.5. The summed E-state index contributed by atoms with van der Waals surface area (Å²) in [6.45, 7) is 7.23. The molecule has 0 fully saturated rings. The van der Waals surface area contributed by atoms with Crippen LogP contribution in [0.25, 0.3) is 0 Å². The first-order valence-electron chi connectivity index (χ1n) is 8.24. The molecule has 0 aromatic heterocycles. The van der Waals surface area contributed by atoms with Gasteiger partial charge in [-0.15, -0.1) is 0 Å². The molecule has 0 saturated heterocycles. The Morgan fingerprint density at radius 1 is 0.864 bits per heavy atom. The first-order valence-corrected chi connectivity index (χ1v) is 8.24. The molecule has 0 amide bonds. The van der Waals surface area contributed by atoms with E-state index >= 15 is 0 Å². The second-order valence-electron chi connectivity index (χ2n) is 5.00. The first kappa shape index (κ1) is 21.3. The van der Waals surface area contributed by atoms with Crippen molar-refractivity contribution in [2.75, 3.05) is 52.9 Å². The molecule has 6 heteroatoms. The molecule has 0 bridgehead atoms. The third-order valence-electron chi connectivity index (χ3n) is 3.38. The lowest BCUT2D eigenvalue weighted by Gasteiger charge is -2.11. The molecule has 22 heavy (non-hydrogen) atoms. The second-order valence-corrected chi connectivity index (χ2v) is 5.00. The number of aliphatic hydroxyl groups excluding tert-OH is 1. The van der Waals surface area contributed by atoms with E-state index in [-0.39, 0.29) is 12.6 Å². The van der Waals surface area contributed by atoms with Gasteiger partial charge in [-0.25, -0.2) is 0 Å². The molecule has 6 nitrogen and oxygen atoms in total. The molecule has 0 rings (SSSR count). The van der Waals surface area contributed by atoms with Crippen LogP contribution in [0.3, 0.4) is 0 Å². The topological polar surface area (TPSA) is 74.2 Å². The van der Waals surface area contributed by atoms with Gasteiger partial charge >= 0.3 is 5.97 Å². The van der Waals surface area contributed by atoms with Crippen LogP contribution in [0.15, 0.2) is 0 Å². The van der Waals surface area contributed by atoms with Gasteiger partial charge in [0.1, 0.15) is 6.61 Å². The quantitative estimate of drug-likeness (QED) is 0.345. The molecule has 0 aliphatic carbocycles. The number of aliphatic hydroxyl groups is 1. The van der Waals surface area contributed by atoms with E-state index < -0.39 is 0 Å². The summed E-state index contributed by atoms with van der Waals surface area (Å²) in [4.78, 5) is 11.5. The molecule has 0 aromatic carbocycles. The van der Waals surface area contributed by atoms with Gasteiger partial charge in [0.05, 0.1) is 46.2 Å². The molecule has 0 unspecified atom stereocenters. The van der Waals surface area contributed by atoms with E-state index in [0.29, 0.717) is 58.6 Å². The molecule has 0 aliphatic rings. The van der Waals surface area contributed by atoms with Crippen LogP contribution in [-0.2, 0) is 23.7 Å². The minimum Gasteiger partial charge on any atom is -0.463 e. The van der Waals surface area contributed by atoms with Crippen molar-refractivity contribution in [2.45, 2.75) is 39.5 Å². The molecule has 0 aliphatic heterocycles. The van der Waals surface area contributed by atoms with Gasteiger partial charge in [-0.05, 0) is 12.3 Å². The van der Waals surface area contributed by atoms with Crippen molar-refractivity contribution in [3.05, 3.63) is 0 Å². The Morgan fingerprint density at radius 3 is 1.86 bits per heavy atom.